The van der Waals surface area contributed by atoms with Gasteiger partial charge < -0.3 is 14.8 Å². The standard InChI is InChI=1S/C21H20ClFN2O2.2ClH/c1-26-21-11-16(13-25-12-15-7-9-24-10-8-15)5-6-20(21)27-14-17-18(22)3-2-4-19(17)23;;/h2-11,25H,12-14H2,1H3;2*1H. The smallest absolute Gasteiger partial charge is 0.161 e. The first-order valence-corrected chi connectivity index (χ1v) is 8.87. The molecule has 1 heterocycles. The topological polar surface area (TPSA) is 43.4 Å². The van der Waals surface area contributed by atoms with E-state index >= 15 is 0 Å². The van der Waals surface area contributed by atoms with Gasteiger partial charge in [0.25, 0.3) is 0 Å². The average Bonchev–Trinajstić information content (AvgIpc) is 2.69. The molecule has 3 rings (SSSR count). The van der Waals surface area contributed by atoms with Crippen LogP contribution in [0.15, 0.2) is 60.9 Å². The lowest BCUT2D eigenvalue weighted by atomic mass is 10.2. The van der Waals surface area contributed by atoms with E-state index in [1.54, 1.807) is 31.6 Å². The zero-order valence-electron chi connectivity index (χ0n) is 15.7. The van der Waals surface area contributed by atoms with E-state index in [-0.39, 0.29) is 31.4 Å². The fraction of sp³-hybridized carbons (Fsp3) is 0.190. The zero-order chi connectivity index (χ0) is 19.1. The van der Waals surface area contributed by atoms with Crippen LogP contribution in [-0.4, -0.2) is 12.1 Å². The molecule has 0 saturated heterocycles. The van der Waals surface area contributed by atoms with Crippen LogP contribution in [0.25, 0.3) is 0 Å². The van der Waals surface area contributed by atoms with Gasteiger partial charge in [0.15, 0.2) is 11.5 Å². The fourth-order valence-electron chi connectivity index (χ4n) is 2.61. The third-order valence-corrected chi connectivity index (χ3v) is 4.42. The van der Waals surface area contributed by atoms with Gasteiger partial charge in [-0.25, -0.2) is 4.39 Å². The van der Waals surface area contributed by atoms with E-state index in [0.717, 1.165) is 12.1 Å². The van der Waals surface area contributed by atoms with Crippen LogP contribution in [0.3, 0.4) is 0 Å². The highest BCUT2D eigenvalue weighted by Crippen LogP contribution is 2.30. The average molecular weight is 460 g/mol. The molecule has 0 fully saturated rings. The van der Waals surface area contributed by atoms with Crippen molar-refractivity contribution >= 4 is 36.4 Å². The number of ether oxygens (including phenoxy) is 2. The second-order valence-corrected chi connectivity index (χ2v) is 6.34. The van der Waals surface area contributed by atoms with Gasteiger partial charge in [-0.3, -0.25) is 4.98 Å². The number of methoxy groups -OCH3 is 1. The van der Waals surface area contributed by atoms with Crippen molar-refractivity contribution in [3.8, 4) is 11.5 Å². The summed E-state index contributed by atoms with van der Waals surface area (Å²) in [4.78, 5) is 4.00. The van der Waals surface area contributed by atoms with Crippen molar-refractivity contribution in [3.63, 3.8) is 0 Å². The Bertz CT molecular complexity index is 878. The highest BCUT2D eigenvalue weighted by molar-refractivity contribution is 6.31. The highest BCUT2D eigenvalue weighted by atomic mass is 35.5. The fourth-order valence-corrected chi connectivity index (χ4v) is 2.83. The van der Waals surface area contributed by atoms with Gasteiger partial charge in [-0.05, 0) is 47.5 Å². The normalized spacial score (nSPS) is 9.90. The van der Waals surface area contributed by atoms with Crippen molar-refractivity contribution in [3.05, 3.63) is 88.5 Å². The van der Waals surface area contributed by atoms with Gasteiger partial charge >= 0.3 is 0 Å². The summed E-state index contributed by atoms with van der Waals surface area (Å²) in [5.41, 5.74) is 2.54. The summed E-state index contributed by atoms with van der Waals surface area (Å²) >= 11 is 6.04. The minimum absolute atomic E-state index is 0. The molecule has 2 aromatic carbocycles. The van der Waals surface area contributed by atoms with E-state index < -0.39 is 5.82 Å². The number of pyridine rings is 1. The summed E-state index contributed by atoms with van der Waals surface area (Å²) in [6, 6.07) is 14.2. The van der Waals surface area contributed by atoms with Crippen LogP contribution in [0.1, 0.15) is 16.7 Å². The Morgan fingerprint density at radius 3 is 2.38 bits per heavy atom. The Morgan fingerprint density at radius 1 is 0.966 bits per heavy atom. The maximum Gasteiger partial charge on any atom is 0.161 e. The van der Waals surface area contributed by atoms with Crippen molar-refractivity contribution in [1.82, 2.24) is 10.3 Å². The van der Waals surface area contributed by atoms with Crippen molar-refractivity contribution in [2.24, 2.45) is 0 Å². The maximum atomic E-state index is 13.9. The molecule has 0 aliphatic rings. The summed E-state index contributed by atoms with van der Waals surface area (Å²) in [5, 5.41) is 3.71. The van der Waals surface area contributed by atoms with Crippen molar-refractivity contribution < 1.29 is 13.9 Å². The van der Waals surface area contributed by atoms with Crippen LogP contribution in [0.5, 0.6) is 11.5 Å². The van der Waals surface area contributed by atoms with Gasteiger partial charge in [0.05, 0.1) is 12.1 Å². The van der Waals surface area contributed by atoms with Gasteiger partial charge in [-0.15, -0.1) is 24.8 Å². The predicted octanol–water partition coefficient (Wildman–Crippen LogP) is 5.60. The van der Waals surface area contributed by atoms with E-state index in [2.05, 4.69) is 10.3 Å². The van der Waals surface area contributed by atoms with E-state index in [0.29, 0.717) is 28.6 Å². The summed E-state index contributed by atoms with van der Waals surface area (Å²) < 4.78 is 25.0. The molecular formula is C21H22Cl3FN2O2. The van der Waals surface area contributed by atoms with E-state index in [4.69, 9.17) is 21.1 Å². The summed E-state index contributed by atoms with van der Waals surface area (Å²) in [5.74, 6) is 0.735. The van der Waals surface area contributed by atoms with E-state index in [1.165, 1.54) is 11.6 Å². The highest BCUT2D eigenvalue weighted by Gasteiger charge is 2.11. The van der Waals surface area contributed by atoms with Crippen LogP contribution in [0.2, 0.25) is 5.02 Å². The first-order chi connectivity index (χ1) is 13.2. The minimum Gasteiger partial charge on any atom is -0.493 e. The summed E-state index contributed by atoms with van der Waals surface area (Å²) in [6.07, 6.45) is 3.54. The molecule has 4 nitrogen and oxygen atoms in total. The first kappa shape index (κ1) is 25.0. The molecule has 0 amide bonds. The molecule has 1 N–H and O–H groups in total. The molecule has 0 bridgehead atoms. The Hall–Kier alpha value is -2.05. The molecule has 8 heteroatoms. The number of aromatic nitrogens is 1. The molecule has 0 atom stereocenters. The monoisotopic (exact) mass is 458 g/mol. The number of hydrogen-bond donors (Lipinski definition) is 1. The van der Waals surface area contributed by atoms with Gasteiger partial charge in [-0.2, -0.15) is 0 Å². The van der Waals surface area contributed by atoms with Crippen molar-refractivity contribution in [2.45, 2.75) is 19.7 Å². The number of nitrogens with zero attached hydrogens (tertiary/aromatic N) is 1. The Morgan fingerprint density at radius 2 is 1.69 bits per heavy atom. The molecule has 0 saturated carbocycles. The Labute approximate surface area is 187 Å². The molecule has 156 valence electrons. The van der Waals surface area contributed by atoms with E-state index in [1.807, 2.05) is 30.3 Å². The van der Waals surface area contributed by atoms with Crippen LogP contribution >= 0.6 is 36.4 Å². The molecule has 0 unspecified atom stereocenters. The van der Waals surface area contributed by atoms with Crippen LogP contribution < -0.4 is 14.8 Å². The zero-order valence-corrected chi connectivity index (χ0v) is 18.1. The predicted molar refractivity (Wildman–Crippen MR) is 118 cm³/mol. The third-order valence-electron chi connectivity index (χ3n) is 4.07. The van der Waals surface area contributed by atoms with Crippen LogP contribution in [0.4, 0.5) is 4.39 Å². The second kappa shape index (κ2) is 12.5. The molecule has 0 radical (unpaired) electrons. The second-order valence-electron chi connectivity index (χ2n) is 5.93. The van der Waals surface area contributed by atoms with Crippen LogP contribution in [-0.2, 0) is 19.7 Å². The molecule has 1 aromatic heterocycles. The van der Waals surface area contributed by atoms with E-state index in [9.17, 15) is 4.39 Å². The number of rotatable bonds is 8. The van der Waals surface area contributed by atoms with Gasteiger partial charge in [0.1, 0.15) is 12.4 Å². The van der Waals surface area contributed by atoms with Gasteiger partial charge in [0.2, 0.25) is 0 Å². The quantitative estimate of drug-likeness (QED) is 0.476. The molecule has 0 spiro atoms. The Kier molecular flexibility index (Phi) is 10.8. The molecule has 3 aromatic rings. The number of hydrogen-bond acceptors (Lipinski definition) is 4. The molecule has 0 aliphatic carbocycles. The lowest BCUT2D eigenvalue weighted by molar-refractivity contribution is 0.279. The van der Waals surface area contributed by atoms with Crippen LogP contribution in [0, 0.1) is 5.82 Å². The summed E-state index contributed by atoms with van der Waals surface area (Å²) in [6.45, 7) is 1.45. The number of halogens is 4. The number of benzene rings is 2. The molecular weight excluding hydrogens is 438 g/mol. The van der Waals surface area contributed by atoms with Gasteiger partial charge in [0, 0.05) is 31.0 Å². The summed E-state index contributed by atoms with van der Waals surface area (Å²) in [7, 11) is 1.58. The largest absolute Gasteiger partial charge is 0.493 e. The lowest BCUT2D eigenvalue weighted by Crippen LogP contribution is -2.12. The molecule has 29 heavy (non-hydrogen) atoms. The number of nitrogens with one attached hydrogen (secondary N) is 1. The van der Waals surface area contributed by atoms with Crippen molar-refractivity contribution in [2.75, 3.05) is 7.11 Å². The SMILES string of the molecule is COc1cc(CNCc2ccncc2)ccc1OCc1c(F)cccc1Cl.Cl.Cl. The molecule has 0 aliphatic heterocycles. The van der Waals surface area contributed by atoms with Gasteiger partial charge in [-0.1, -0.05) is 23.7 Å². The Balaban J connectivity index is 0.00000210. The minimum atomic E-state index is -0.390. The first-order valence-electron chi connectivity index (χ1n) is 8.49. The van der Waals surface area contributed by atoms with Crippen molar-refractivity contribution in [1.29, 1.82) is 0 Å². The lowest BCUT2D eigenvalue weighted by Gasteiger charge is -2.13. The maximum absolute atomic E-state index is 13.9. The third kappa shape index (κ3) is 7.05.